The number of hydrogen-bond acceptors (Lipinski definition) is 4. The Morgan fingerprint density at radius 3 is 2.68 bits per heavy atom. The number of methoxy groups -OCH3 is 1. The van der Waals surface area contributed by atoms with E-state index in [-0.39, 0.29) is 11.5 Å². The number of aromatic nitrogens is 2. The van der Waals surface area contributed by atoms with Crippen molar-refractivity contribution in [3.63, 3.8) is 0 Å². The molecule has 0 N–H and O–H groups in total. The Morgan fingerprint density at radius 1 is 1.42 bits per heavy atom. The molecular formula is C13H19N3O3. The lowest BCUT2D eigenvalue weighted by molar-refractivity contribution is 0.0606. The van der Waals surface area contributed by atoms with E-state index in [1.165, 1.54) is 16.8 Å². The lowest BCUT2D eigenvalue weighted by Crippen LogP contribution is -2.40. The van der Waals surface area contributed by atoms with Gasteiger partial charge >= 0.3 is 0 Å². The molecule has 1 aromatic heterocycles. The predicted octanol–water partition coefficient (Wildman–Crippen LogP) is 0.279. The van der Waals surface area contributed by atoms with E-state index in [0.29, 0.717) is 11.6 Å². The highest BCUT2D eigenvalue weighted by Crippen LogP contribution is 2.18. The van der Waals surface area contributed by atoms with Gasteiger partial charge in [-0.1, -0.05) is 0 Å². The van der Waals surface area contributed by atoms with Gasteiger partial charge in [0.1, 0.15) is 5.69 Å². The van der Waals surface area contributed by atoms with Crippen molar-refractivity contribution in [2.45, 2.75) is 12.8 Å². The van der Waals surface area contributed by atoms with Gasteiger partial charge in [0.2, 0.25) is 0 Å². The number of hydrogen-bond donors (Lipinski definition) is 0. The third-order valence-corrected chi connectivity index (χ3v) is 3.48. The van der Waals surface area contributed by atoms with Crippen LogP contribution in [0.4, 0.5) is 0 Å². The molecule has 0 saturated carbocycles. The predicted molar refractivity (Wildman–Crippen MR) is 70.0 cm³/mol. The van der Waals surface area contributed by atoms with Gasteiger partial charge < -0.3 is 9.64 Å². The lowest BCUT2D eigenvalue weighted by atomic mass is 9.97. The van der Waals surface area contributed by atoms with E-state index in [9.17, 15) is 9.59 Å². The van der Waals surface area contributed by atoms with E-state index < -0.39 is 0 Å². The summed E-state index contributed by atoms with van der Waals surface area (Å²) in [6.07, 6.45) is 1.90. The van der Waals surface area contributed by atoms with Crippen LogP contribution in [-0.2, 0) is 11.8 Å². The number of ether oxygens (including phenoxy) is 1. The third-order valence-electron chi connectivity index (χ3n) is 3.48. The van der Waals surface area contributed by atoms with Crippen molar-refractivity contribution in [2.24, 2.45) is 13.0 Å². The smallest absolute Gasteiger partial charge is 0.274 e. The van der Waals surface area contributed by atoms with Gasteiger partial charge in [-0.25, -0.2) is 4.68 Å². The minimum Gasteiger partial charge on any atom is -0.384 e. The maximum Gasteiger partial charge on any atom is 0.274 e. The first-order valence-electron chi connectivity index (χ1n) is 6.44. The van der Waals surface area contributed by atoms with Gasteiger partial charge in [-0.05, 0) is 24.8 Å². The number of rotatable bonds is 3. The molecule has 0 atom stereocenters. The highest BCUT2D eigenvalue weighted by atomic mass is 16.5. The summed E-state index contributed by atoms with van der Waals surface area (Å²) in [7, 11) is 3.25. The molecule has 6 heteroatoms. The Morgan fingerprint density at radius 2 is 2.11 bits per heavy atom. The second-order valence-corrected chi connectivity index (χ2v) is 4.87. The second kappa shape index (κ2) is 5.97. The van der Waals surface area contributed by atoms with Gasteiger partial charge in [-0.3, -0.25) is 9.59 Å². The summed E-state index contributed by atoms with van der Waals surface area (Å²) in [6.45, 7) is 2.19. The molecular weight excluding hydrogens is 246 g/mol. The van der Waals surface area contributed by atoms with Crippen LogP contribution in [0, 0.1) is 5.92 Å². The molecule has 0 radical (unpaired) electrons. The molecule has 19 heavy (non-hydrogen) atoms. The summed E-state index contributed by atoms with van der Waals surface area (Å²) >= 11 is 0. The molecule has 1 aliphatic heterocycles. The van der Waals surface area contributed by atoms with Crippen LogP contribution in [0.3, 0.4) is 0 Å². The fourth-order valence-corrected chi connectivity index (χ4v) is 2.32. The van der Waals surface area contributed by atoms with Crippen molar-refractivity contribution in [2.75, 3.05) is 26.8 Å². The van der Waals surface area contributed by atoms with Crippen molar-refractivity contribution < 1.29 is 9.53 Å². The molecule has 104 valence electrons. The summed E-state index contributed by atoms with van der Waals surface area (Å²) < 4.78 is 6.32. The number of likely N-dealkylation sites (tertiary alicyclic amines) is 1. The minimum atomic E-state index is -0.213. The Hall–Kier alpha value is -1.69. The first-order chi connectivity index (χ1) is 9.11. The van der Waals surface area contributed by atoms with Crippen LogP contribution in [0.1, 0.15) is 23.3 Å². The Bertz CT molecular complexity index is 504. The van der Waals surface area contributed by atoms with Crippen LogP contribution in [-0.4, -0.2) is 47.4 Å². The summed E-state index contributed by atoms with van der Waals surface area (Å²) in [5.74, 6) is 0.425. The fraction of sp³-hybridized carbons (Fsp3) is 0.615. The molecule has 1 fully saturated rings. The van der Waals surface area contributed by atoms with Crippen LogP contribution in [0.5, 0.6) is 0 Å². The summed E-state index contributed by atoms with van der Waals surface area (Å²) in [6, 6.07) is 2.86. The minimum absolute atomic E-state index is 0.105. The molecule has 1 aliphatic rings. The normalized spacial score (nSPS) is 16.6. The molecule has 0 spiro atoms. The number of carbonyl (C=O) groups is 1. The van der Waals surface area contributed by atoms with E-state index in [2.05, 4.69) is 5.10 Å². The topological polar surface area (TPSA) is 64.4 Å². The largest absolute Gasteiger partial charge is 0.384 e. The zero-order chi connectivity index (χ0) is 13.8. The molecule has 1 saturated heterocycles. The fourth-order valence-electron chi connectivity index (χ4n) is 2.32. The molecule has 0 aliphatic carbocycles. The van der Waals surface area contributed by atoms with Crippen molar-refractivity contribution in [1.82, 2.24) is 14.7 Å². The number of piperidine rings is 1. The van der Waals surface area contributed by atoms with Crippen LogP contribution < -0.4 is 5.56 Å². The highest BCUT2D eigenvalue weighted by molar-refractivity contribution is 5.92. The molecule has 1 amide bonds. The molecule has 0 bridgehead atoms. The van der Waals surface area contributed by atoms with Crippen molar-refractivity contribution in [3.05, 3.63) is 28.2 Å². The van der Waals surface area contributed by atoms with E-state index in [1.54, 1.807) is 19.1 Å². The van der Waals surface area contributed by atoms with Crippen molar-refractivity contribution >= 4 is 5.91 Å². The molecule has 0 unspecified atom stereocenters. The molecule has 1 aromatic rings. The van der Waals surface area contributed by atoms with E-state index in [4.69, 9.17) is 4.74 Å². The van der Waals surface area contributed by atoms with Crippen LogP contribution in [0.15, 0.2) is 16.9 Å². The zero-order valence-electron chi connectivity index (χ0n) is 11.3. The zero-order valence-corrected chi connectivity index (χ0v) is 11.3. The van der Waals surface area contributed by atoms with E-state index in [1.807, 2.05) is 0 Å². The first-order valence-corrected chi connectivity index (χ1v) is 6.44. The van der Waals surface area contributed by atoms with Gasteiger partial charge in [0.15, 0.2) is 0 Å². The maximum atomic E-state index is 12.2. The van der Waals surface area contributed by atoms with Crippen LogP contribution in [0.2, 0.25) is 0 Å². The van der Waals surface area contributed by atoms with Gasteiger partial charge in [0.05, 0.1) is 0 Å². The lowest BCUT2D eigenvalue weighted by Gasteiger charge is -2.31. The SMILES string of the molecule is COCC1CCN(C(=O)c2ccc(=O)n(C)n2)CC1. The van der Waals surface area contributed by atoms with Gasteiger partial charge in [0, 0.05) is 39.9 Å². The number of aryl methyl sites for hydroxylation is 1. The van der Waals surface area contributed by atoms with E-state index >= 15 is 0 Å². The average molecular weight is 265 g/mol. The van der Waals surface area contributed by atoms with Crippen LogP contribution in [0.25, 0.3) is 0 Å². The van der Waals surface area contributed by atoms with Gasteiger partial charge in [0.25, 0.3) is 11.5 Å². The Balaban J connectivity index is 2.01. The molecule has 2 rings (SSSR count). The molecule has 6 nitrogen and oxygen atoms in total. The standard InChI is InChI=1S/C13H19N3O3/c1-15-12(17)4-3-11(14-15)13(18)16-7-5-10(6-8-16)9-19-2/h3-4,10H,5-9H2,1-2H3. The first kappa shape index (κ1) is 13.7. The molecule has 0 aromatic carbocycles. The monoisotopic (exact) mass is 265 g/mol. The maximum absolute atomic E-state index is 12.2. The number of amides is 1. The van der Waals surface area contributed by atoms with Crippen LogP contribution >= 0.6 is 0 Å². The molecule has 2 heterocycles. The third kappa shape index (κ3) is 3.20. The average Bonchev–Trinajstić information content (AvgIpc) is 2.42. The highest BCUT2D eigenvalue weighted by Gasteiger charge is 2.24. The quantitative estimate of drug-likeness (QED) is 0.787. The number of nitrogens with zero attached hydrogens (tertiary/aromatic N) is 3. The second-order valence-electron chi connectivity index (χ2n) is 4.87. The number of carbonyl (C=O) groups excluding carboxylic acids is 1. The summed E-state index contributed by atoms with van der Waals surface area (Å²) in [5, 5.41) is 3.99. The van der Waals surface area contributed by atoms with Crippen molar-refractivity contribution in [3.8, 4) is 0 Å². The van der Waals surface area contributed by atoms with Crippen molar-refractivity contribution in [1.29, 1.82) is 0 Å². The summed E-state index contributed by atoms with van der Waals surface area (Å²) in [4.78, 5) is 25.3. The Kier molecular flexibility index (Phi) is 4.31. The van der Waals surface area contributed by atoms with E-state index in [0.717, 1.165) is 32.5 Å². The Labute approximate surface area is 112 Å². The summed E-state index contributed by atoms with van der Waals surface area (Å²) in [5.41, 5.74) is 0.114. The van der Waals surface area contributed by atoms with Gasteiger partial charge in [-0.15, -0.1) is 0 Å². The van der Waals surface area contributed by atoms with Gasteiger partial charge in [-0.2, -0.15) is 5.10 Å².